The van der Waals surface area contributed by atoms with Crippen molar-refractivity contribution in [1.82, 2.24) is 0 Å². The van der Waals surface area contributed by atoms with Crippen LogP contribution in [0.1, 0.15) is 29.7 Å². The van der Waals surface area contributed by atoms with E-state index in [4.69, 9.17) is 5.26 Å². The smallest absolute Gasteiger partial charge is 0.330 e. The highest BCUT2D eigenvalue weighted by Crippen LogP contribution is 2.29. The maximum absolute atomic E-state index is 11.9. The molecule has 4 heteroatoms. The second-order valence-electron chi connectivity index (χ2n) is 6.24. The molecule has 0 heterocycles. The van der Waals surface area contributed by atoms with Crippen molar-refractivity contribution >= 4 is 11.7 Å². The SMILES string of the molecule is CCc1cc(C(Nc2ccc(C#N)cc2)C(=O)O)ccc1-c1ccccc1. The minimum atomic E-state index is -0.950. The lowest BCUT2D eigenvalue weighted by atomic mass is 9.93. The minimum absolute atomic E-state index is 0.535. The molecule has 1 unspecified atom stereocenters. The van der Waals surface area contributed by atoms with Crippen LogP contribution in [0.15, 0.2) is 72.8 Å². The van der Waals surface area contributed by atoms with Crippen LogP contribution in [0.4, 0.5) is 5.69 Å². The summed E-state index contributed by atoms with van der Waals surface area (Å²) in [6.07, 6.45) is 0.807. The first-order chi connectivity index (χ1) is 13.1. The molecule has 3 aromatic rings. The lowest BCUT2D eigenvalue weighted by molar-refractivity contribution is -0.138. The Bertz CT molecular complexity index is 974. The number of nitrogens with one attached hydrogen (secondary N) is 1. The van der Waals surface area contributed by atoms with Gasteiger partial charge >= 0.3 is 5.97 Å². The third-order valence-corrected chi connectivity index (χ3v) is 4.50. The van der Waals surface area contributed by atoms with Gasteiger partial charge in [0.25, 0.3) is 0 Å². The fourth-order valence-corrected chi connectivity index (χ4v) is 3.08. The second-order valence-corrected chi connectivity index (χ2v) is 6.24. The molecule has 4 nitrogen and oxygen atoms in total. The predicted molar refractivity (Wildman–Crippen MR) is 106 cm³/mol. The van der Waals surface area contributed by atoms with Crippen molar-refractivity contribution in [3.05, 3.63) is 89.5 Å². The van der Waals surface area contributed by atoms with Gasteiger partial charge in [-0.2, -0.15) is 5.26 Å². The zero-order chi connectivity index (χ0) is 19.2. The number of benzene rings is 3. The van der Waals surface area contributed by atoms with Gasteiger partial charge in [-0.05, 0) is 52.9 Å². The largest absolute Gasteiger partial charge is 0.479 e. The van der Waals surface area contributed by atoms with Gasteiger partial charge in [0.15, 0.2) is 6.04 Å². The molecule has 3 aromatic carbocycles. The van der Waals surface area contributed by atoms with Gasteiger partial charge in [-0.15, -0.1) is 0 Å². The van der Waals surface area contributed by atoms with E-state index in [9.17, 15) is 9.90 Å². The van der Waals surface area contributed by atoms with Crippen molar-refractivity contribution in [2.75, 3.05) is 5.32 Å². The minimum Gasteiger partial charge on any atom is -0.479 e. The number of aryl methyl sites for hydroxylation is 1. The van der Waals surface area contributed by atoms with E-state index in [-0.39, 0.29) is 0 Å². The van der Waals surface area contributed by atoms with Gasteiger partial charge < -0.3 is 10.4 Å². The van der Waals surface area contributed by atoms with Crippen LogP contribution in [0.3, 0.4) is 0 Å². The number of carboxylic acid groups (broad SMARTS) is 1. The summed E-state index contributed by atoms with van der Waals surface area (Å²) >= 11 is 0. The van der Waals surface area contributed by atoms with Gasteiger partial charge in [-0.25, -0.2) is 4.79 Å². The maximum atomic E-state index is 11.9. The molecule has 0 radical (unpaired) electrons. The third-order valence-electron chi connectivity index (χ3n) is 4.50. The lowest BCUT2D eigenvalue weighted by Crippen LogP contribution is -2.20. The fourth-order valence-electron chi connectivity index (χ4n) is 3.08. The first kappa shape index (κ1) is 18.2. The normalized spacial score (nSPS) is 11.4. The van der Waals surface area contributed by atoms with E-state index < -0.39 is 12.0 Å². The number of nitrogens with zero attached hydrogens (tertiary/aromatic N) is 1. The first-order valence-corrected chi connectivity index (χ1v) is 8.80. The predicted octanol–water partition coefficient (Wildman–Crippen LogP) is 5.03. The van der Waals surface area contributed by atoms with Gasteiger partial charge in [0.1, 0.15) is 0 Å². The highest BCUT2D eigenvalue weighted by molar-refractivity contribution is 5.80. The molecule has 0 saturated carbocycles. The molecule has 0 aliphatic rings. The number of carbonyl (C=O) groups is 1. The summed E-state index contributed by atoms with van der Waals surface area (Å²) in [6, 6.07) is 23.8. The Balaban J connectivity index is 1.93. The van der Waals surface area contributed by atoms with Crippen LogP contribution in [0.25, 0.3) is 11.1 Å². The quantitative estimate of drug-likeness (QED) is 0.650. The van der Waals surface area contributed by atoms with Crippen molar-refractivity contribution in [3.8, 4) is 17.2 Å². The Labute approximate surface area is 158 Å². The summed E-state index contributed by atoms with van der Waals surface area (Å²) in [4.78, 5) is 11.9. The highest BCUT2D eigenvalue weighted by atomic mass is 16.4. The van der Waals surface area contributed by atoms with Gasteiger partial charge in [0.05, 0.1) is 11.6 Å². The molecule has 0 bridgehead atoms. The van der Waals surface area contributed by atoms with Gasteiger partial charge in [0, 0.05) is 5.69 Å². The van der Waals surface area contributed by atoms with Crippen LogP contribution >= 0.6 is 0 Å². The molecule has 1 atom stereocenters. The average Bonchev–Trinajstić information content (AvgIpc) is 2.72. The zero-order valence-corrected chi connectivity index (χ0v) is 15.0. The number of hydrogen-bond acceptors (Lipinski definition) is 3. The van der Waals surface area contributed by atoms with E-state index >= 15 is 0 Å². The van der Waals surface area contributed by atoms with E-state index in [0.29, 0.717) is 16.8 Å². The van der Waals surface area contributed by atoms with Crippen LogP contribution in [0, 0.1) is 11.3 Å². The molecule has 0 spiro atoms. The van der Waals surface area contributed by atoms with Gasteiger partial charge in [-0.3, -0.25) is 0 Å². The maximum Gasteiger partial charge on any atom is 0.330 e. The molecule has 0 aliphatic heterocycles. The van der Waals surface area contributed by atoms with Crippen molar-refractivity contribution in [1.29, 1.82) is 5.26 Å². The molecule has 0 amide bonds. The number of nitriles is 1. The van der Waals surface area contributed by atoms with E-state index in [1.807, 2.05) is 36.4 Å². The summed E-state index contributed by atoms with van der Waals surface area (Å²) < 4.78 is 0. The van der Waals surface area contributed by atoms with Crippen LogP contribution in [-0.4, -0.2) is 11.1 Å². The summed E-state index contributed by atoms with van der Waals surface area (Å²) in [7, 11) is 0. The Hall–Kier alpha value is -3.58. The standard InChI is InChI=1S/C23H20N2O2/c1-2-17-14-19(10-13-21(17)18-6-4-3-5-7-18)22(23(26)27)25-20-11-8-16(15-24)9-12-20/h3-14,22,25H,2H2,1H3,(H,26,27). The molecule has 0 aliphatic carbocycles. The summed E-state index contributed by atoms with van der Waals surface area (Å²) in [5.74, 6) is -0.950. The van der Waals surface area contributed by atoms with Crippen LogP contribution in [0.5, 0.6) is 0 Å². The molecule has 2 N–H and O–H groups in total. The third kappa shape index (κ3) is 4.16. The Morgan fingerprint density at radius 2 is 1.78 bits per heavy atom. The fraction of sp³-hybridized carbons (Fsp3) is 0.130. The van der Waals surface area contributed by atoms with E-state index in [0.717, 1.165) is 23.1 Å². The molecule has 3 rings (SSSR count). The molecular formula is C23H20N2O2. The molecule has 0 saturated heterocycles. The Morgan fingerprint density at radius 1 is 1.07 bits per heavy atom. The highest BCUT2D eigenvalue weighted by Gasteiger charge is 2.21. The summed E-state index contributed by atoms with van der Waals surface area (Å²) in [6.45, 7) is 2.06. The number of aliphatic carboxylic acids is 1. The monoisotopic (exact) mass is 356 g/mol. The van der Waals surface area contributed by atoms with Crippen molar-refractivity contribution in [2.24, 2.45) is 0 Å². The average molecular weight is 356 g/mol. The lowest BCUT2D eigenvalue weighted by Gasteiger charge is -2.18. The molecule has 134 valence electrons. The van der Waals surface area contributed by atoms with Crippen LogP contribution in [-0.2, 0) is 11.2 Å². The summed E-state index contributed by atoms with van der Waals surface area (Å²) in [5.41, 5.74) is 5.23. The Kier molecular flexibility index (Phi) is 5.53. The van der Waals surface area contributed by atoms with E-state index in [1.165, 1.54) is 0 Å². The zero-order valence-electron chi connectivity index (χ0n) is 15.0. The number of carboxylic acids is 1. The number of anilines is 1. The van der Waals surface area contributed by atoms with Crippen LogP contribution in [0.2, 0.25) is 0 Å². The van der Waals surface area contributed by atoms with Crippen molar-refractivity contribution in [3.63, 3.8) is 0 Å². The van der Waals surface area contributed by atoms with Crippen molar-refractivity contribution in [2.45, 2.75) is 19.4 Å². The first-order valence-electron chi connectivity index (χ1n) is 8.80. The number of rotatable bonds is 6. The topological polar surface area (TPSA) is 73.1 Å². The van der Waals surface area contributed by atoms with Crippen LogP contribution < -0.4 is 5.32 Å². The van der Waals surface area contributed by atoms with E-state index in [2.05, 4.69) is 30.4 Å². The second kappa shape index (κ2) is 8.20. The Morgan fingerprint density at radius 3 is 2.37 bits per heavy atom. The molecule has 27 heavy (non-hydrogen) atoms. The summed E-state index contributed by atoms with van der Waals surface area (Å²) in [5, 5.41) is 21.7. The van der Waals surface area contributed by atoms with E-state index in [1.54, 1.807) is 24.3 Å². The number of hydrogen-bond donors (Lipinski definition) is 2. The molecule has 0 fully saturated rings. The molecular weight excluding hydrogens is 336 g/mol. The molecule has 0 aromatic heterocycles. The van der Waals surface area contributed by atoms with Crippen molar-refractivity contribution < 1.29 is 9.90 Å². The van der Waals surface area contributed by atoms with Gasteiger partial charge in [-0.1, -0.05) is 55.5 Å². The van der Waals surface area contributed by atoms with Gasteiger partial charge in [0.2, 0.25) is 0 Å².